The zero-order chi connectivity index (χ0) is 12.1. The molecule has 0 aromatic carbocycles. The van der Waals surface area contributed by atoms with Crippen molar-refractivity contribution in [3.63, 3.8) is 0 Å². The van der Waals surface area contributed by atoms with Gasteiger partial charge < -0.3 is 10.2 Å². The number of nitrogens with zero attached hydrogens (tertiary/aromatic N) is 3. The van der Waals surface area contributed by atoms with Crippen LogP contribution in [0, 0.1) is 0 Å². The lowest BCUT2D eigenvalue weighted by atomic mass is 10.2. The zero-order valence-electron chi connectivity index (χ0n) is 10.2. The van der Waals surface area contributed by atoms with E-state index in [9.17, 15) is 0 Å². The van der Waals surface area contributed by atoms with Gasteiger partial charge in [-0.1, -0.05) is 24.4 Å². The van der Waals surface area contributed by atoms with Crippen molar-refractivity contribution in [3.8, 4) is 0 Å². The molecular weight excluding hydrogens is 236 g/mol. The van der Waals surface area contributed by atoms with Gasteiger partial charge in [0.25, 0.3) is 0 Å². The Bertz CT molecular complexity index is 352. The van der Waals surface area contributed by atoms with E-state index in [0.29, 0.717) is 11.0 Å². The van der Waals surface area contributed by atoms with Crippen molar-refractivity contribution in [3.05, 3.63) is 17.5 Å². The second kappa shape index (κ2) is 6.17. The van der Waals surface area contributed by atoms with E-state index in [4.69, 9.17) is 11.6 Å². The van der Waals surface area contributed by atoms with E-state index in [2.05, 4.69) is 27.2 Å². The Morgan fingerprint density at radius 1 is 1.35 bits per heavy atom. The molecule has 0 saturated heterocycles. The first-order valence-electron chi connectivity index (χ1n) is 6.18. The minimum atomic E-state index is 0.441. The minimum absolute atomic E-state index is 0.441. The summed E-state index contributed by atoms with van der Waals surface area (Å²) >= 11 is 5.92. The first kappa shape index (κ1) is 12.6. The van der Waals surface area contributed by atoms with E-state index in [-0.39, 0.29) is 0 Å². The van der Waals surface area contributed by atoms with Gasteiger partial charge in [0.1, 0.15) is 0 Å². The van der Waals surface area contributed by atoms with Gasteiger partial charge >= 0.3 is 0 Å². The molecule has 1 saturated carbocycles. The predicted molar refractivity (Wildman–Crippen MR) is 70.4 cm³/mol. The van der Waals surface area contributed by atoms with Crippen molar-refractivity contribution in [2.24, 2.45) is 0 Å². The fourth-order valence-electron chi connectivity index (χ4n) is 2.32. The molecule has 1 aromatic rings. The Morgan fingerprint density at radius 3 is 2.76 bits per heavy atom. The molecule has 0 bridgehead atoms. The van der Waals surface area contributed by atoms with Crippen molar-refractivity contribution in [1.29, 1.82) is 0 Å². The van der Waals surface area contributed by atoms with E-state index in [1.54, 1.807) is 12.4 Å². The van der Waals surface area contributed by atoms with E-state index >= 15 is 0 Å². The molecule has 0 spiro atoms. The summed E-state index contributed by atoms with van der Waals surface area (Å²) in [6.45, 7) is 1.86. The van der Waals surface area contributed by atoms with Crippen molar-refractivity contribution < 1.29 is 0 Å². The fourth-order valence-corrected chi connectivity index (χ4v) is 2.49. The van der Waals surface area contributed by atoms with Crippen LogP contribution in [0.15, 0.2) is 12.4 Å². The van der Waals surface area contributed by atoms with Gasteiger partial charge in [0.15, 0.2) is 11.0 Å². The molecule has 0 atom stereocenters. The molecule has 17 heavy (non-hydrogen) atoms. The zero-order valence-corrected chi connectivity index (χ0v) is 11.0. The highest BCUT2D eigenvalue weighted by Crippen LogP contribution is 2.22. The van der Waals surface area contributed by atoms with Crippen LogP contribution in [-0.4, -0.2) is 41.0 Å². The Kier molecular flexibility index (Phi) is 4.57. The molecule has 5 heteroatoms. The van der Waals surface area contributed by atoms with Crippen LogP contribution >= 0.6 is 11.6 Å². The number of likely N-dealkylation sites (N-methyl/N-ethyl adjacent to an activating group) is 1. The molecular formula is C12H19ClN4. The van der Waals surface area contributed by atoms with E-state index < -0.39 is 0 Å². The first-order chi connectivity index (χ1) is 8.27. The monoisotopic (exact) mass is 254 g/mol. The average Bonchev–Trinajstić information content (AvgIpc) is 2.85. The van der Waals surface area contributed by atoms with Crippen molar-refractivity contribution >= 4 is 17.4 Å². The van der Waals surface area contributed by atoms with Gasteiger partial charge in [-0.25, -0.2) is 9.97 Å². The van der Waals surface area contributed by atoms with Crippen LogP contribution in [0.5, 0.6) is 0 Å². The van der Waals surface area contributed by atoms with E-state index in [1.807, 2.05) is 0 Å². The SMILES string of the molecule is CN(CCNc1nccnc1Cl)C1CCCC1. The fraction of sp³-hybridized carbons (Fsp3) is 0.667. The molecule has 94 valence electrons. The lowest BCUT2D eigenvalue weighted by Crippen LogP contribution is -2.33. The number of aromatic nitrogens is 2. The second-order valence-electron chi connectivity index (χ2n) is 4.54. The molecule has 0 unspecified atom stereocenters. The molecule has 4 nitrogen and oxygen atoms in total. The normalized spacial score (nSPS) is 16.6. The molecule has 2 rings (SSSR count). The minimum Gasteiger partial charge on any atom is -0.366 e. The molecule has 1 aromatic heterocycles. The van der Waals surface area contributed by atoms with Gasteiger partial charge in [0.2, 0.25) is 0 Å². The molecule has 0 amide bonds. The van der Waals surface area contributed by atoms with E-state index in [1.165, 1.54) is 25.7 Å². The highest BCUT2D eigenvalue weighted by Gasteiger charge is 2.18. The third-order valence-electron chi connectivity index (χ3n) is 3.36. The predicted octanol–water partition coefficient (Wildman–Crippen LogP) is 2.42. The number of anilines is 1. The molecule has 0 aliphatic heterocycles. The summed E-state index contributed by atoms with van der Waals surface area (Å²) in [4.78, 5) is 10.6. The van der Waals surface area contributed by atoms with Crippen molar-refractivity contribution in [1.82, 2.24) is 14.9 Å². The average molecular weight is 255 g/mol. The van der Waals surface area contributed by atoms with Crippen LogP contribution < -0.4 is 5.32 Å². The van der Waals surface area contributed by atoms with Gasteiger partial charge in [0.05, 0.1) is 0 Å². The summed E-state index contributed by atoms with van der Waals surface area (Å²) in [6, 6.07) is 0.758. The number of hydrogen-bond acceptors (Lipinski definition) is 4. The van der Waals surface area contributed by atoms with Gasteiger partial charge in [-0.15, -0.1) is 0 Å². The topological polar surface area (TPSA) is 41.0 Å². The van der Waals surface area contributed by atoms with Crippen LogP contribution in [0.3, 0.4) is 0 Å². The molecule has 1 N–H and O–H groups in total. The maximum absolute atomic E-state index is 5.92. The van der Waals surface area contributed by atoms with Gasteiger partial charge in [-0.2, -0.15) is 0 Å². The standard InChI is InChI=1S/C12H19ClN4/c1-17(10-4-2-3-5-10)9-8-16-12-11(13)14-6-7-15-12/h6-7,10H,2-5,8-9H2,1H3,(H,15,16). The number of halogens is 1. The van der Waals surface area contributed by atoms with Crippen LogP contribution in [0.25, 0.3) is 0 Å². The third-order valence-corrected chi connectivity index (χ3v) is 3.64. The van der Waals surface area contributed by atoms with Gasteiger partial charge in [-0.3, -0.25) is 0 Å². The second-order valence-corrected chi connectivity index (χ2v) is 4.90. The van der Waals surface area contributed by atoms with Gasteiger partial charge in [-0.05, 0) is 19.9 Å². The lowest BCUT2D eigenvalue weighted by Gasteiger charge is -2.24. The maximum Gasteiger partial charge on any atom is 0.171 e. The number of nitrogens with one attached hydrogen (secondary N) is 1. The first-order valence-corrected chi connectivity index (χ1v) is 6.56. The number of rotatable bonds is 5. The third kappa shape index (κ3) is 3.54. The smallest absolute Gasteiger partial charge is 0.171 e. The molecule has 1 aliphatic rings. The van der Waals surface area contributed by atoms with Crippen LogP contribution in [0.4, 0.5) is 5.82 Å². The summed E-state index contributed by atoms with van der Waals surface area (Å²) in [7, 11) is 2.19. The molecule has 0 radical (unpaired) electrons. The number of hydrogen-bond donors (Lipinski definition) is 1. The Morgan fingerprint density at radius 2 is 2.06 bits per heavy atom. The van der Waals surface area contributed by atoms with Crippen molar-refractivity contribution in [2.75, 3.05) is 25.5 Å². The Hall–Kier alpha value is -0.870. The Labute approximate surface area is 107 Å². The van der Waals surface area contributed by atoms with Crippen LogP contribution in [-0.2, 0) is 0 Å². The summed E-state index contributed by atoms with van der Waals surface area (Å²) in [5, 5.41) is 3.66. The molecule has 1 heterocycles. The van der Waals surface area contributed by atoms with Crippen LogP contribution in [0.1, 0.15) is 25.7 Å². The summed E-state index contributed by atoms with van der Waals surface area (Å²) in [5.41, 5.74) is 0. The maximum atomic E-state index is 5.92. The highest BCUT2D eigenvalue weighted by atomic mass is 35.5. The highest BCUT2D eigenvalue weighted by molar-refractivity contribution is 6.31. The summed E-state index contributed by atoms with van der Waals surface area (Å²) in [6.07, 6.45) is 8.66. The Balaban J connectivity index is 1.74. The van der Waals surface area contributed by atoms with Gasteiger partial charge in [0, 0.05) is 31.5 Å². The quantitative estimate of drug-likeness (QED) is 0.876. The van der Waals surface area contributed by atoms with Crippen LogP contribution in [0.2, 0.25) is 5.15 Å². The van der Waals surface area contributed by atoms with E-state index in [0.717, 1.165) is 19.1 Å². The van der Waals surface area contributed by atoms with Crippen molar-refractivity contribution in [2.45, 2.75) is 31.7 Å². The lowest BCUT2D eigenvalue weighted by molar-refractivity contribution is 0.254. The summed E-state index contributed by atoms with van der Waals surface area (Å²) in [5.74, 6) is 0.675. The molecule has 1 aliphatic carbocycles. The summed E-state index contributed by atoms with van der Waals surface area (Å²) < 4.78 is 0. The molecule has 1 fully saturated rings. The largest absolute Gasteiger partial charge is 0.366 e.